The molecule has 0 unspecified atom stereocenters. The summed E-state index contributed by atoms with van der Waals surface area (Å²) >= 11 is 0. The number of benzene rings is 1. The topological polar surface area (TPSA) is 41.6 Å². The van der Waals surface area contributed by atoms with Gasteiger partial charge in [-0.15, -0.1) is 0 Å². The number of anilines is 1. The van der Waals surface area contributed by atoms with Gasteiger partial charge in [0.1, 0.15) is 0 Å². The molecule has 1 atom stereocenters. The molecule has 4 heteroatoms. The molecule has 1 spiro atoms. The average molecular weight is 288 g/mol. The quantitative estimate of drug-likeness (QED) is 0.928. The fourth-order valence-electron chi connectivity index (χ4n) is 3.53. The van der Waals surface area contributed by atoms with Crippen LogP contribution in [-0.4, -0.2) is 37.2 Å². The van der Waals surface area contributed by atoms with E-state index in [0.717, 1.165) is 38.0 Å². The Bertz CT molecular complexity index is 483. The Hall–Kier alpha value is -1.39. The number of nitrogens with one attached hydrogen (secondary N) is 1. The first-order chi connectivity index (χ1) is 10.2. The minimum absolute atomic E-state index is 0.0169. The first kappa shape index (κ1) is 14.5. The molecule has 4 nitrogen and oxygen atoms in total. The lowest BCUT2D eigenvalue weighted by Crippen LogP contribution is -2.44. The molecule has 1 amide bonds. The second-order valence-electron chi connectivity index (χ2n) is 6.05. The SMILES string of the molecule is CCC(=O)N(c1ccccc1)[C@@H]1COC2(CCNCC2)C1. The van der Waals surface area contributed by atoms with E-state index in [9.17, 15) is 4.79 Å². The largest absolute Gasteiger partial charge is 0.373 e. The van der Waals surface area contributed by atoms with Gasteiger partial charge in [0, 0.05) is 12.1 Å². The Labute approximate surface area is 126 Å². The summed E-state index contributed by atoms with van der Waals surface area (Å²) in [4.78, 5) is 14.4. The Morgan fingerprint density at radius 2 is 2.05 bits per heavy atom. The number of hydrogen-bond donors (Lipinski definition) is 1. The minimum Gasteiger partial charge on any atom is -0.373 e. The molecule has 3 rings (SSSR count). The van der Waals surface area contributed by atoms with Crippen LogP contribution in [0.3, 0.4) is 0 Å². The van der Waals surface area contributed by atoms with Crippen molar-refractivity contribution in [1.82, 2.24) is 5.32 Å². The average Bonchev–Trinajstić information content (AvgIpc) is 2.92. The molecular weight excluding hydrogens is 264 g/mol. The first-order valence-corrected chi connectivity index (χ1v) is 7.96. The Kier molecular flexibility index (Phi) is 4.27. The normalized spacial score (nSPS) is 24.1. The van der Waals surface area contributed by atoms with Gasteiger partial charge in [0.05, 0.1) is 18.2 Å². The van der Waals surface area contributed by atoms with E-state index in [0.29, 0.717) is 13.0 Å². The third-order valence-corrected chi connectivity index (χ3v) is 4.67. The van der Waals surface area contributed by atoms with Gasteiger partial charge in [-0.25, -0.2) is 0 Å². The van der Waals surface area contributed by atoms with E-state index in [1.807, 2.05) is 42.2 Å². The van der Waals surface area contributed by atoms with Crippen molar-refractivity contribution < 1.29 is 9.53 Å². The Balaban J connectivity index is 1.80. The monoisotopic (exact) mass is 288 g/mol. The fourth-order valence-corrected chi connectivity index (χ4v) is 3.53. The highest BCUT2D eigenvalue weighted by Crippen LogP contribution is 2.37. The van der Waals surface area contributed by atoms with Gasteiger partial charge in [0.15, 0.2) is 0 Å². The predicted molar refractivity (Wildman–Crippen MR) is 83.4 cm³/mol. The number of piperidine rings is 1. The Morgan fingerprint density at radius 1 is 1.33 bits per heavy atom. The van der Waals surface area contributed by atoms with Crippen LogP contribution in [0.5, 0.6) is 0 Å². The summed E-state index contributed by atoms with van der Waals surface area (Å²) in [5, 5.41) is 3.39. The van der Waals surface area contributed by atoms with Gasteiger partial charge in [0.25, 0.3) is 0 Å². The lowest BCUT2D eigenvalue weighted by atomic mass is 9.88. The van der Waals surface area contributed by atoms with Crippen molar-refractivity contribution in [1.29, 1.82) is 0 Å². The third-order valence-electron chi connectivity index (χ3n) is 4.67. The van der Waals surface area contributed by atoms with Gasteiger partial charge >= 0.3 is 0 Å². The highest BCUT2D eigenvalue weighted by molar-refractivity contribution is 5.93. The highest BCUT2D eigenvalue weighted by Gasteiger charge is 2.44. The van der Waals surface area contributed by atoms with Gasteiger partial charge in [-0.3, -0.25) is 4.79 Å². The molecule has 0 radical (unpaired) electrons. The van der Waals surface area contributed by atoms with Crippen molar-refractivity contribution in [3.05, 3.63) is 30.3 Å². The number of ether oxygens (including phenoxy) is 1. The molecule has 0 aliphatic carbocycles. The maximum Gasteiger partial charge on any atom is 0.227 e. The van der Waals surface area contributed by atoms with E-state index in [-0.39, 0.29) is 17.6 Å². The second kappa shape index (κ2) is 6.16. The molecule has 2 saturated heterocycles. The maximum absolute atomic E-state index is 12.4. The summed E-state index contributed by atoms with van der Waals surface area (Å²) in [6.07, 6.45) is 3.58. The summed E-state index contributed by atoms with van der Waals surface area (Å²) in [7, 11) is 0. The molecule has 1 aromatic carbocycles. The third kappa shape index (κ3) is 2.97. The molecule has 2 fully saturated rings. The molecule has 1 aromatic rings. The summed E-state index contributed by atoms with van der Waals surface area (Å²) < 4.78 is 6.16. The van der Waals surface area contributed by atoms with Gasteiger partial charge in [0.2, 0.25) is 5.91 Å². The standard InChI is InChI=1S/C17H24N2O2/c1-2-16(20)19(14-6-4-3-5-7-14)15-12-17(21-13-15)8-10-18-11-9-17/h3-7,15,18H,2,8-13H2,1H3/t15-/m0/s1. The molecule has 0 saturated carbocycles. The van der Waals surface area contributed by atoms with Crippen molar-refractivity contribution in [2.24, 2.45) is 0 Å². The zero-order chi connectivity index (χ0) is 14.7. The number of carbonyl (C=O) groups is 1. The molecule has 1 N–H and O–H groups in total. The van der Waals surface area contributed by atoms with Crippen LogP contribution in [0.15, 0.2) is 30.3 Å². The maximum atomic E-state index is 12.4. The van der Waals surface area contributed by atoms with E-state index in [2.05, 4.69) is 5.32 Å². The van der Waals surface area contributed by atoms with Crippen molar-refractivity contribution in [2.45, 2.75) is 44.2 Å². The molecule has 0 aromatic heterocycles. The fraction of sp³-hybridized carbons (Fsp3) is 0.588. The van der Waals surface area contributed by atoms with Crippen LogP contribution in [0.4, 0.5) is 5.69 Å². The molecule has 0 bridgehead atoms. The van der Waals surface area contributed by atoms with E-state index >= 15 is 0 Å². The van der Waals surface area contributed by atoms with Crippen molar-refractivity contribution in [3.63, 3.8) is 0 Å². The van der Waals surface area contributed by atoms with Crippen LogP contribution in [0.2, 0.25) is 0 Å². The second-order valence-corrected chi connectivity index (χ2v) is 6.05. The predicted octanol–water partition coefficient (Wildman–Crippen LogP) is 2.34. The summed E-state index contributed by atoms with van der Waals surface area (Å²) in [6, 6.07) is 10.2. The van der Waals surface area contributed by atoms with Crippen molar-refractivity contribution in [2.75, 3.05) is 24.6 Å². The highest BCUT2D eigenvalue weighted by atomic mass is 16.5. The first-order valence-electron chi connectivity index (χ1n) is 7.96. The van der Waals surface area contributed by atoms with Crippen LogP contribution >= 0.6 is 0 Å². The summed E-state index contributed by atoms with van der Waals surface area (Å²) in [5.41, 5.74) is 0.973. The van der Waals surface area contributed by atoms with Crippen LogP contribution in [0.1, 0.15) is 32.6 Å². The number of rotatable bonds is 3. The number of para-hydroxylation sites is 1. The van der Waals surface area contributed by atoms with E-state index in [1.165, 1.54) is 0 Å². The molecule has 21 heavy (non-hydrogen) atoms. The number of amides is 1. The van der Waals surface area contributed by atoms with Crippen LogP contribution < -0.4 is 10.2 Å². The smallest absolute Gasteiger partial charge is 0.227 e. The van der Waals surface area contributed by atoms with Crippen LogP contribution in [0, 0.1) is 0 Å². The number of carbonyl (C=O) groups excluding carboxylic acids is 1. The van der Waals surface area contributed by atoms with E-state index < -0.39 is 0 Å². The lowest BCUT2D eigenvalue weighted by Gasteiger charge is -2.34. The number of nitrogens with zero attached hydrogens (tertiary/aromatic N) is 1. The molecule has 2 aliphatic rings. The van der Waals surface area contributed by atoms with Gasteiger partial charge in [-0.1, -0.05) is 25.1 Å². The van der Waals surface area contributed by atoms with Crippen LogP contribution in [0.25, 0.3) is 0 Å². The summed E-state index contributed by atoms with van der Waals surface area (Å²) in [6.45, 7) is 4.61. The van der Waals surface area contributed by atoms with Crippen molar-refractivity contribution >= 4 is 11.6 Å². The van der Waals surface area contributed by atoms with Gasteiger partial charge in [-0.2, -0.15) is 0 Å². The zero-order valence-electron chi connectivity index (χ0n) is 12.7. The zero-order valence-corrected chi connectivity index (χ0v) is 12.7. The van der Waals surface area contributed by atoms with Crippen molar-refractivity contribution in [3.8, 4) is 0 Å². The Morgan fingerprint density at radius 3 is 2.71 bits per heavy atom. The molecule has 2 aliphatic heterocycles. The molecular formula is C17H24N2O2. The molecule has 2 heterocycles. The molecule has 114 valence electrons. The lowest BCUT2D eigenvalue weighted by molar-refractivity contribution is -0.118. The summed E-state index contributed by atoms with van der Waals surface area (Å²) in [5.74, 6) is 0.181. The van der Waals surface area contributed by atoms with E-state index in [1.54, 1.807) is 0 Å². The number of hydrogen-bond acceptors (Lipinski definition) is 3. The van der Waals surface area contributed by atoms with Crippen LogP contribution in [-0.2, 0) is 9.53 Å². The van der Waals surface area contributed by atoms with Gasteiger partial charge in [-0.05, 0) is 44.5 Å². The minimum atomic E-state index is -0.0169. The van der Waals surface area contributed by atoms with E-state index in [4.69, 9.17) is 4.74 Å². The van der Waals surface area contributed by atoms with Gasteiger partial charge < -0.3 is 15.0 Å².